The Morgan fingerprint density at radius 2 is 1.83 bits per heavy atom. The molecule has 6 nitrogen and oxygen atoms in total. The largest absolute Gasteiger partial charge is 0.497 e. The van der Waals surface area contributed by atoms with E-state index in [4.69, 9.17) is 9.47 Å². The van der Waals surface area contributed by atoms with Gasteiger partial charge in [-0.2, -0.15) is 5.26 Å². The zero-order valence-electron chi connectivity index (χ0n) is 16.0. The van der Waals surface area contributed by atoms with E-state index in [1.807, 2.05) is 30.3 Å². The van der Waals surface area contributed by atoms with Crippen molar-refractivity contribution < 1.29 is 14.3 Å². The number of methoxy groups -OCH3 is 2. The summed E-state index contributed by atoms with van der Waals surface area (Å²) < 4.78 is 10.8. The maximum Gasteiger partial charge on any atom is 0.262 e. The first-order valence-corrected chi connectivity index (χ1v) is 9.07. The van der Waals surface area contributed by atoms with Gasteiger partial charge in [0.1, 0.15) is 17.7 Å². The molecule has 0 saturated heterocycles. The smallest absolute Gasteiger partial charge is 0.262 e. The highest BCUT2D eigenvalue weighted by Crippen LogP contribution is 2.41. The first kappa shape index (κ1) is 18.4. The molecular formula is C23H19N3O3. The second-order valence-electron chi connectivity index (χ2n) is 6.54. The highest BCUT2D eigenvalue weighted by molar-refractivity contribution is 6.12. The number of amides is 1. The fourth-order valence-corrected chi connectivity index (χ4v) is 3.50. The van der Waals surface area contributed by atoms with Crippen LogP contribution in [0, 0.1) is 11.3 Å². The van der Waals surface area contributed by atoms with Crippen molar-refractivity contribution in [1.29, 1.82) is 5.26 Å². The number of carbonyl (C=O) groups excluding carboxylic acids is 1. The number of para-hydroxylation sites is 1. The minimum Gasteiger partial charge on any atom is -0.497 e. The summed E-state index contributed by atoms with van der Waals surface area (Å²) in [6.45, 7) is 0. The SMILES string of the molecule is COc1ccc(N2C(=O)c3ccccc3N[C@H]2c2cccc(C#N)c2)c(OC)c1. The van der Waals surface area contributed by atoms with Gasteiger partial charge >= 0.3 is 0 Å². The predicted molar refractivity (Wildman–Crippen MR) is 110 cm³/mol. The van der Waals surface area contributed by atoms with E-state index < -0.39 is 6.17 Å². The number of ether oxygens (including phenoxy) is 2. The van der Waals surface area contributed by atoms with Crippen molar-refractivity contribution in [2.24, 2.45) is 0 Å². The Morgan fingerprint density at radius 1 is 1.00 bits per heavy atom. The number of benzene rings is 3. The average molecular weight is 385 g/mol. The Morgan fingerprint density at radius 3 is 2.59 bits per heavy atom. The van der Waals surface area contributed by atoms with E-state index in [1.165, 1.54) is 0 Å². The van der Waals surface area contributed by atoms with Crippen LogP contribution in [0.25, 0.3) is 0 Å². The summed E-state index contributed by atoms with van der Waals surface area (Å²) >= 11 is 0. The fraction of sp³-hybridized carbons (Fsp3) is 0.130. The maximum atomic E-state index is 13.5. The van der Waals surface area contributed by atoms with Crippen LogP contribution >= 0.6 is 0 Å². The molecule has 0 saturated carbocycles. The zero-order chi connectivity index (χ0) is 20.4. The summed E-state index contributed by atoms with van der Waals surface area (Å²) in [5.74, 6) is 0.988. The standard InChI is InChI=1S/C23H19N3O3/c1-28-17-10-11-20(21(13-17)29-2)26-22(16-7-5-6-15(12-16)14-24)25-19-9-4-3-8-18(19)23(26)27/h3-13,22,25H,1-2H3/t22-/m1/s1. The average Bonchev–Trinajstić information content (AvgIpc) is 2.78. The number of hydrogen-bond acceptors (Lipinski definition) is 5. The third-order valence-corrected chi connectivity index (χ3v) is 4.90. The molecule has 0 radical (unpaired) electrons. The highest BCUT2D eigenvalue weighted by Gasteiger charge is 2.35. The van der Waals surface area contributed by atoms with E-state index in [-0.39, 0.29) is 5.91 Å². The first-order chi connectivity index (χ1) is 14.2. The number of fused-ring (bicyclic) bond motifs is 1. The molecule has 1 aliphatic heterocycles. The topological polar surface area (TPSA) is 74.6 Å². The summed E-state index contributed by atoms with van der Waals surface area (Å²) in [4.78, 5) is 15.2. The minimum atomic E-state index is -0.506. The van der Waals surface area contributed by atoms with Crippen molar-refractivity contribution in [2.75, 3.05) is 24.4 Å². The van der Waals surface area contributed by atoms with E-state index in [0.717, 1.165) is 11.3 Å². The minimum absolute atomic E-state index is 0.157. The van der Waals surface area contributed by atoms with Crippen molar-refractivity contribution in [3.63, 3.8) is 0 Å². The lowest BCUT2D eigenvalue weighted by atomic mass is 10.0. The lowest BCUT2D eigenvalue weighted by Gasteiger charge is -2.38. The predicted octanol–water partition coefficient (Wildman–Crippen LogP) is 4.35. The van der Waals surface area contributed by atoms with E-state index in [9.17, 15) is 10.1 Å². The van der Waals surface area contributed by atoms with Gasteiger partial charge in [0, 0.05) is 11.8 Å². The second-order valence-corrected chi connectivity index (χ2v) is 6.54. The van der Waals surface area contributed by atoms with Crippen molar-refractivity contribution in [1.82, 2.24) is 0 Å². The number of nitrogens with one attached hydrogen (secondary N) is 1. The van der Waals surface area contributed by atoms with Crippen LogP contribution in [-0.2, 0) is 0 Å². The lowest BCUT2D eigenvalue weighted by molar-refractivity contribution is 0.0974. The number of rotatable bonds is 4. The molecule has 6 heteroatoms. The Balaban J connectivity index is 1.90. The van der Waals surface area contributed by atoms with Crippen molar-refractivity contribution >= 4 is 17.3 Å². The summed E-state index contributed by atoms with van der Waals surface area (Å²) in [7, 11) is 3.13. The van der Waals surface area contributed by atoms with Gasteiger partial charge in [0.2, 0.25) is 0 Å². The number of nitriles is 1. The molecule has 0 aromatic heterocycles. The summed E-state index contributed by atoms with van der Waals surface area (Å²) in [5.41, 5.74) is 3.24. The Kier molecular flexibility index (Phi) is 4.80. The molecule has 0 aliphatic carbocycles. The van der Waals surface area contributed by atoms with Gasteiger partial charge in [-0.1, -0.05) is 24.3 Å². The maximum absolute atomic E-state index is 13.5. The molecule has 0 unspecified atom stereocenters. The fourth-order valence-electron chi connectivity index (χ4n) is 3.50. The van der Waals surface area contributed by atoms with Gasteiger partial charge in [-0.15, -0.1) is 0 Å². The molecule has 144 valence electrons. The van der Waals surface area contributed by atoms with Gasteiger partial charge in [-0.3, -0.25) is 9.69 Å². The third kappa shape index (κ3) is 3.23. The van der Waals surface area contributed by atoms with Crippen molar-refractivity contribution in [3.8, 4) is 17.6 Å². The molecule has 3 aromatic carbocycles. The van der Waals surface area contributed by atoms with Crippen LogP contribution < -0.4 is 19.7 Å². The van der Waals surface area contributed by atoms with E-state index in [0.29, 0.717) is 28.3 Å². The molecule has 1 N–H and O–H groups in total. The van der Waals surface area contributed by atoms with Crippen molar-refractivity contribution in [2.45, 2.75) is 6.17 Å². The van der Waals surface area contributed by atoms with Gasteiger partial charge in [0.15, 0.2) is 0 Å². The number of hydrogen-bond donors (Lipinski definition) is 1. The van der Waals surface area contributed by atoms with Gasteiger partial charge < -0.3 is 14.8 Å². The number of nitrogens with zero attached hydrogens (tertiary/aromatic N) is 2. The van der Waals surface area contributed by atoms with Gasteiger partial charge in [-0.25, -0.2) is 0 Å². The Labute approximate surface area is 168 Å². The zero-order valence-corrected chi connectivity index (χ0v) is 16.0. The second kappa shape index (κ2) is 7.56. The molecule has 0 spiro atoms. The summed E-state index contributed by atoms with van der Waals surface area (Å²) in [5, 5.41) is 12.7. The van der Waals surface area contributed by atoms with Crippen molar-refractivity contribution in [3.05, 3.63) is 83.4 Å². The molecule has 29 heavy (non-hydrogen) atoms. The monoisotopic (exact) mass is 385 g/mol. The molecule has 4 rings (SSSR count). The lowest BCUT2D eigenvalue weighted by Crippen LogP contribution is -2.43. The summed E-state index contributed by atoms with van der Waals surface area (Å²) in [6.07, 6.45) is -0.506. The van der Waals surface area contributed by atoms with Gasteiger partial charge in [0.25, 0.3) is 5.91 Å². The van der Waals surface area contributed by atoms with Gasteiger partial charge in [-0.05, 0) is 42.0 Å². The third-order valence-electron chi connectivity index (χ3n) is 4.90. The summed E-state index contributed by atoms with van der Waals surface area (Å²) in [6, 6.07) is 22.1. The molecule has 0 fully saturated rings. The van der Waals surface area contributed by atoms with E-state index in [1.54, 1.807) is 55.5 Å². The molecular weight excluding hydrogens is 366 g/mol. The molecule has 1 heterocycles. The molecule has 1 amide bonds. The van der Waals surface area contributed by atoms with Crippen LogP contribution in [0.1, 0.15) is 27.7 Å². The van der Waals surface area contributed by atoms with Crippen LogP contribution in [-0.4, -0.2) is 20.1 Å². The van der Waals surface area contributed by atoms with Crippen LogP contribution in [0.15, 0.2) is 66.7 Å². The quantitative estimate of drug-likeness (QED) is 0.723. The normalized spacial score (nSPS) is 15.1. The number of carbonyl (C=O) groups is 1. The van der Waals surface area contributed by atoms with Crippen LogP contribution in [0.5, 0.6) is 11.5 Å². The van der Waals surface area contributed by atoms with Gasteiger partial charge in [0.05, 0.1) is 37.1 Å². The molecule has 1 aliphatic rings. The highest BCUT2D eigenvalue weighted by atomic mass is 16.5. The van der Waals surface area contributed by atoms with E-state index >= 15 is 0 Å². The molecule has 3 aromatic rings. The van der Waals surface area contributed by atoms with E-state index in [2.05, 4.69) is 11.4 Å². The van der Waals surface area contributed by atoms with Crippen LogP contribution in [0.2, 0.25) is 0 Å². The van der Waals surface area contributed by atoms with Crippen LogP contribution in [0.3, 0.4) is 0 Å². The number of anilines is 2. The van der Waals surface area contributed by atoms with Crippen LogP contribution in [0.4, 0.5) is 11.4 Å². The Bertz CT molecular complexity index is 1120. The molecule has 1 atom stereocenters. The molecule has 0 bridgehead atoms. The first-order valence-electron chi connectivity index (χ1n) is 9.07. The Hall–Kier alpha value is -3.98.